The molecule has 0 aliphatic heterocycles. The Hall–Kier alpha value is -0.610. The van der Waals surface area contributed by atoms with Crippen LogP contribution in [-0.4, -0.2) is 31.8 Å². The number of rotatable bonds is 10. The normalized spacial score (nSPS) is 12.1. The van der Waals surface area contributed by atoms with Crippen molar-refractivity contribution in [2.24, 2.45) is 11.1 Å². The first-order valence-corrected chi connectivity index (χ1v) is 6.40. The Kier molecular flexibility index (Phi) is 8.17. The van der Waals surface area contributed by atoms with Gasteiger partial charge in [-0.1, -0.05) is 20.3 Å². The molecule has 0 rings (SSSR count). The van der Waals surface area contributed by atoms with Crippen molar-refractivity contribution in [2.75, 3.05) is 19.8 Å². The summed E-state index contributed by atoms with van der Waals surface area (Å²) in [7, 11) is 0. The molecule has 0 aliphatic carbocycles. The summed E-state index contributed by atoms with van der Waals surface area (Å²) in [6.07, 6.45) is 3.26. The molecule has 0 aromatic heterocycles. The van der Waals surface area contributed by atoms with Crippen LogP contribution in [0.5, 0.6) is 0 Å². The van der Waals surface area contributed by atoms with E-state index in [0.29, 0.717) is 13.2 Å². The van der Waals surface area contributed by atoms with E-state index in [0.717, 1.165) is 25.9 Å². The van der Waals surface area contributed by atoms with Gasteiger partial charge in [0.25, 0.3) is 0 Å². The highest BCUT2D eigenvalue weighted by molar-refractivity contribution is 5.82. The van der Waals surface area contributed by atoms with Crippen molar-refractivity contribution in [1.29, 1.82) is 5.41 Å². The Morgan fingerprint density at radius 2 is 1.82 bits per heavy atom. The van der Waals surface area contributed by atoms with Crippen LogP contribution in [0.15, 0.2) is 0 Å². The highest BCUT2D eigenvalue weighted by Gasteiger charge is 2.20. The van der Waals surface area contributed by atoms with E-state index in [1.54, 1.807) is 0 Å². The molecule has 0 aliphatic rings. The lowest BCUT2D eigenvalue weighted by Crippen LogP contribution is -2.30. The standard InChI is InChI=1S/C13H28N2O2/c1-11(2)17-10-9-16-8-6-5-7-13(3,4)12(14)15/h11H,5-10H2,1-4H3,(H3,14,15). The Balaban J connectivity index is 3.33. The molecule has 0 unspecified atom stereocenters. The maximum absolute atomic E-state index is 7.44. The lowest BCUT2D eigenvalue weighted by atomic mass is 9.86. The molecule has 17 heavy (non-hydrogen) atoms. The van der Waals surface area contributed by atoms with Crippen LogP contribution < -0.4 is 5.73 Å². The fourth-order valence-corrected chi connectivity index (χ4v) is 1.35. The Labute approximate surface area is 105 Å². The van der Waals surface area contributed by atoms with E-state index in [2.05, 4.69) is 0 Å². The number of unbranched alkanes of at least 4 members (excludes halogenated alkanes) is 1. The molecule has 0 saturated carbocycles. The van der Waals surface area contributed by atoms with Gasteiger partial charge in [-0.25, -0.2) is 0 Å². The summed E-state index contributed by atoms with van der Waals surface area (Å²) in [6.45, 7) is 10.1. The number of hydrogen-bond donors (Lipinski definition) is 2. The van der Waals surface area contributed by atoms with Crippen molar-refractivity contribution in [3.63, 3.8) is 0 Å². The highest BCUT2D eigenvalue weighted by Crippen LogP contribution is 2.22. The largest absolute Gasteiger partial charge is 0.387 e. The summed E-state index contributed by atoms with van der Waals surface area (Å²) >= 11 is 0. The third-order valence-corrected chi connectivity index (χ3v) is 2.75. The van der Waals surface area contributed by atoms with E-state index < -0.39 is 0 Å². The Morgan fingerprint density at radius 3 is 2.35 bits per heavy atom. The molecular formula is C13H28N2O2. The van der Waals surface area contributed by atoms with Crippen LogP contribution in [0.3, 0.4) is 0 Å². The zero-order chi connectivity index (χ0) is 13.3. The number of ether oxygens (including phenoxy) is 2. The van der Waals surface area contributed by atoms with E-state index >= 15 is 0 Å². The minimum absolute atomic E-state index is 0.180. The molecule has 0 bridgehead atoms. The van der Waals surface area contributed by atoms with Gasteiger partial charge in [-0.15, -0.1) is 0 Å². The third kappa shape index (κ3) is 9.12. The summed E-state index contributed by atoms with van der Waals surface area (Å²) in [5.74, 6) is 0.267. The maximum Gasteiger partial charge on any atom is 0.0963 e. The first-order chi connectivity index (χ1) is 7.86. The zero-order valence-electron chi connectivity index (χ0n) is 11.7. The quantitative estimate of drug-likeness (QED) is 0.352. The van der Waals surface area contributed by atoms with Crippen molar-refractivity contribution >= 4 is 5.84 Å². The summed E-state index contributed by atoms with van der Waals surface area (Å²) < 4.78 is 10.8. The van der Waals surface area contributed by atoms with Crippen molar-refractivity contribution in [3.05, 3.63) is 0 Å². The van der Waals surface area contributed by atoms with Crippen LogP contribution in [0.4, 0.5) is 0 Å². The van der Waals surface area contributed by atoms with E-state index in [1.165, 1.54) is 0 Å². The third-order valence-electron chi connectivity index (χ3n) is 2.75. The Bertz CT molecular complexity index is 215. The SMILES string of the molecule is CC(C)OCCOCCCCC(C)(C)C(=N)N. The van der Waals surface area contributed by atoms with Crippen LogP contribution in [0.25, 0.3) is 0 Å². The number of hydrogen-bond acceptors (Lipinski definition) is 3. The van der Waals surface area contributed by atoms with Crippen molar-refractivity contribution in [2.45, 2.75) is 53.1 Å². The number of amidine groups is 1. The fourth-order valence-electron chi connectivity index (χ4n) is 1.35. The lowest BCUT2D eigenvalue weighted by Gasteiger charge is -2.22. The molecule has 0 aromatic carbocycles. The molecule has 4 heteroatoms. The van der Waals surface area contributed by atoms with Gasteiger partial charge in [0.2, 0.25) is 0 Å². The van der Waals surface area contributed by atoms with Gasteiger partial charge in [0.15, 0.2) is 0 Å². The van der Waals surface area contributed by atoms with Crippen LogP contribution in [0, 0.1) is 10.8 Å². The number of nitrogens with two attached hydrogens (primary N) is 1. The summed E-state index contributed by atoms with van der Waals surface area (Å²) in [5.41, 5.74) is 5.33. The second kappa shape index (κ2) is 8.48. The van der Waals surface area contributed by atoms with Crippen molar-refractivity contribution < 1.29 is 9.47 Å². The molecule has 0 spiro atoms. The van der Waals surface area contributed by atoms with Gasteiger partial charge in [-0.3, -0.25) is 5.41 Å². The predicted molar refractivity (Wildman–Crippen MR) is 71.5 cm³/mol. The van der Waals surface area contributed by atoms with E-state index in [4.69, 9.17) is 20.6 Å². The fraction of sp³-hybridized carbons (Fsp3) is 0.923. The van der Waals surface area contributed by atoms with Gasteiger partial charge in [0, 0.05) is 12.0 Å². The second-order valence-corrected chi connectivity index (χ2v) is 5.29. The van der Waals surface area contributed by atoms with Crippen molar-refractivity contribution in [1.82, 2.24) is 0 Å². The van der Waals surface area contributed by atoms with Crippen LogP contribution in [-0.2, 0) is 9.47 Å². The molecular weight excluding hydrogens is 216 g/mol. The molecule has 102 valence electrons. The molecule has 0 aromatic rings. The molecule has 0 heterocycles. The minimum atomic E-state index is -0.180. The number of nitrogens with one attached hydrogen (secondary N) is 1. The average Bonchev–Trinajstić information content (AvgIpc) is 2.21. The highest BCUT2D eigenvalue weighted by atomic mass is 16.5. The molecule has 0 fully saturated rings. The van der Waals surface area contributed by atoms with Gasteiger partial charge in [0.05, 0.1) is 25.2 Å². The van der Waals surface area contributed by atoms with E-state index in [9.17, 15) is 0 Å². The van der Waals surface area contributed by atoms with E-state index in [1.807, 2.05) is 27.7 Å². The first kappa shape index (κ1) is 16.4. The van der Waals surface area contributed by atoms with E-state index in [-0.39, 0.29) is 17.4 Å². The molecule has 0 saturated heterocycles. The van der Waals surface area contributed by atoms with Gasteiger partial charge in [-0.2, -0.15) is 0 Å². The lowest BCUT2D eigenvalue weighted by molar-refractivity contribution is 0.0184. The Morgan fingerprint density at radius 1 is 1.18 bits per heavy atom. The second-order valence-electron chi connectivity index (χ2n) is 5.29. The van der Waals surface area contributed by atoms with Gasteiger partial charge < -0.3 is 15.2 Å². The predicted octanol–water partition coefficient (Wildman–Crippen LogP) is 2.56. The smallest absolute Gasteiger partial charge is 0.0963 e. The first-order valence-electron chi connectivity index (χ1n) is 6.40. The minimum Gasteiger partial charge on any atom is -0.387 e. The molecule has 3 N–H and O–H groups in total. The van der Waals surface area contributed by atoms with Crippen LogP contribution in [0.1, 0.15) is 47.0 Å². The topological polar surface area (TPSA) is 68.3 Å². The van der Waals surface area contributed by atoms with Gasteiger partial charge in [0.1, 0.15) is 0 Å². The molecule has 0 atom stereocenters. The zero-order valence-corrected chi connectivity index (χ0v) is 11.7. The average molecular weight is 244 g/mol. The molecule has 0 radical (unpaired) electrons. The van der Waals surface area contributed by atoms with Crippen LogP contribution >= 0.6 is 0 Å². The summed E-state index contributed by atoms with van der Waals surface area (Å²) in [4.78, 5) is 0. The van der Waals surface area contributed by atoms with Gasteiger partial charge in [-0.05, 0) is 26.7 Å². The van der Waals surface area contributed by atoms with Crippen LogP contribution in [0.2, 0.25) is 0 Å². The monoisotopic (exact) mass is 244 g/mol. The van der Waals surface area contributed by atoms with Crippen molar-refractivity contribution in [3.8, 4) is 0 Å². The summed E-state index contributed by atoms with van der Waals surface area (Å²) in [5, 5.41) is 7.44. The molecule has 0 amide bonds. The maximum atomic E-state index is 7.44. The molecule has 4 nitrogen and oxygen atoms in total. The van der Waals surface area contributed by atoms with Gasteiger partial charge >= 0.3 is 0 Å². The summed E-state index contributed by atoms with van der Waals surface area (Å²) in [6, 6.07) is 0.